The zero-order chi connectivity index (χ0) is 16.2. The zero-order valence-electron chi connectivity index (χ0n) is 13.7. The second kappa shape index (κ2) is 7.39. The van der Waals surface area contributed by atoms with E-state index in [1.807, 2.05) is 28.2 Å². The summed E-state index contributed by atoms with van der Waals surface area (Å²) in [6.07, 6.45) is 5.77. The summed E-state index contributed by atoms with van der Waals surface area (Å²) in [5, 5.41) is 0. The summed E-state index contributed by atoms with van der Waals surface area (Å²) in [5.74, 6) is 0.723. The number of thioether (sulfide) groups is 1. The van der Waals surface area contributed by atoms with Gasteiger partial charge in [-0.25, -0.2) is 0 Å². The number of benzene rings is 1. The van der Waals surface area contributed by atoms with Gasteiger partial charge in [0, 0.05) is 37.0 Å². The lowest BCUT2D eigenvalue weighted by atomic mass is 9.84. The Hall–Kier alpha value is -1.49. The molecule has 1 saturated heterocycles. The Morgan fingerprint density at radius 1 is 1.04 bits per heavy atom. The molecule has 5 heteroatoms. The molecule has 2 fully saturated rings. The summed E-state index contributed by atoms with van der Waals surface area (Å²) < 4.78 is 0. The molecule has 0 N–H and O–H groups in total. The van der Waals surface area contributed by atoms with Crippen LogP contribution in [0, 0.1) is 5.92 Å². The van der Waals surface area contributed by atoms with Crippen LogP contribution in [0.15, 0.2) is 29.2 Å². The van der Waals surface area contributed by atoms with Gasteiger partial charge < -0.3 is 9.80 Å². The number of amides is 2. The topological polar surface area (TPSA) is 40.6 Å². The van der Waals surface area contributed by atoms with E-state index >= 15 is 0 Å². The van der Waals surface area contributed by atoms with Crippen LogP contribution in [0.1, 0.15) is 24.8 Å². The number of carbonyl (C=O) groups excluding carboxylic acids is 2. The van der Waals surface area contributed by atoms with Gasteiger partial charge in [0.05, 0.1) is 6.42 Å². The Labute approximate surface area is 142 Å². The van der Waals surface area contributed by atoms with Crippen molar-refractivity contribution in [1.29, 1.82) is 0 Å². The molecule has 4 nitrogen and oxygen atoms in total. The van der Waals surface area contributed by atoms with Crippen molar-refractivity contribution in [3.05, 3.63) is 29.8 Å². The summed E-state index contributed by atoms with van der Waals surface area (Å²) in [6.45, 7) is 2.71. The molecule has 1 heterocycles. The molecule has 1 saturated carbocycles. The van der Waals surface area contributed by atoms with Crippen molar-refractivity contribution in [2.24, 2.45) is 5.92 Å². The molecule has 1 aromatic carbocycles. The van der Waals surface area contributed by atoms with E-state index in [1.54, 1.807) is 11.8 Å². The molecule has 1 aromatic rings. The highest BCUT2D eigenvalue weighted by Crippen LogP contribution is 2.28. The second-order valence-electron chi connectivity index (χ2n) is 6.36. The maximum absolute atomic E-state index is 12.4. The first-order valence-electron chi connectivity index (χ1n) is 8.37. The van der Waals surface area contributed by atoms with Crippen LogP contribution >= 0.6 is 11.8 Å². The standard InChI is InChI=1S/C18H24N2O2S/c1-23-16-7-5-14(6-8-16)13-17(21)19-9-11-20(12-10-19)18(22)15-3-2-4-15/h5-8,15H,2-4,9-13H2,1H3. The molecule has 0 radical (unpaired) electrons. The fourth-order valence-electron chi connectivity index (χ4n) is 3.12. The van der Waals surface area contributed by atoms with Crippen LogP contribution in [-0.4, -0.2) is 54.0 Å². The van der Waals surface area contributed by atoms with Gasteiger partial charge in [-0.2, -0.15) is 0 Å². The van der Waals surface area contributed by atoms with E-state index in [1.165, 1.54) is 11.3 Å². The van der Waals surface area contributed by atoms with E-state index in [0.29, 0.717) is 38.5 Å². The van der Waals surface area contributed by atoms with E-state index < -0.39 is 0 Å². The third-order valence-electron chi connectivity index (χ3n) is 4.91. The van der Waals surface area contributed by atoms with Gasteiger partial charge in [0.25, 0.3) is 0 Å². The number of hydrogen-bond donors (Lipinski definition) is 0. The fraction of sp³-hybridized carbons (Fsp3) is 0.556. The van der Waals surface area contributed by atoms with Crippen LogP contribution in [0.5, 0.6) is 0 Å². The molecule has 1 aliphatic carbocycles. The molecule has 0 unspecified atom stereocenters. The van der Waals surface area contributed by atoms with Gasteiger partial charge in [-0.15, -0.1) is 11.8 Å². The predicted octanol–water partition coefficient (Wildman–Crippen LogP) is 2.42. The summed E-state index contributed by atoms with van der Waals surface area (Å²) in [6, 6.07) is 8.17. The predicted molar refractivity (Wildman–Crippen MR) is 92.4 cm³/mol. The number of piperazine rings is 1. The molecule has 2 aliphatic rings. The first-order valence-corrected chi connectivity index (χ1v) is 9.59. The summed E-state index contributed by atoms with van der Waals surface area (Å²) in [4.78, 5) is 29.7. The molecule has 124 valence electrons. The molecule has 2 amide bonds. The highest BCUT2D eigenvalue weighted by molar-refractivity contribution is 7.98. The maximum atomic E-state index is 12.4. The van der Waals surface area contributed by atoms with Crippen molar-refractivity contribution >= 4 is 23.6 Å². The molecular weight excluding hydrogens is 308 g/mol. The Kier molecular flexibility index (Phi) is 5.26. The second-order valence-corrected chi connectivity index (χ2v) is 7.24. The third-order valence-corrected chi connectivity index (χ3v) is 5.66. The average molecular weight is 332 g/mol. The summed E-state index contributed by atoms with van der Waals surface area (Å²) >= 11 is 1.70. The summed E-state index contributed by atoms with van der Waals surface area (Å²) in [5.41, 5.74) is 1.06. The lowest BCUT2D eigenvalue weighted by Gasteiger charge is -2.38. The lowest BCUT2D eigenvalue weighted by Crippen LogP contribution is -2.52. The number of carbonyl (C=O) groups is 2. The van der Waals surface area contributed by atoms with E-state index in [-0.39, 0.29) is 11.8 Å². The van der Waals surface area contributed by atoms with Crippen molar-refractivity contribution in [1.82, 2.24) is 9.80 Å². The van der Waals surface area contributed by atoms with Gasteiger partial charge in [0.1, 0.15) is 0 Å². The highest BCUT2D eigenvalue weighted by atomic mass is 32.2. The Morgan fingerprint density at radius 3 is 2.17 bits per heavy atom. The lowest BCUT2D eigenvalue weighted by molar-refractivity contribution is -0.143. The van der Waals surface area contributed by atoms with Crippen LogP contribution < -0.4 is 0 Å². The number of nitrogens with zero attached hydrogens (tertiary/aromatic N) is 2. The minimum atomic E-state index is 0.164. The molecule has 23 heavy (non-hydrogen) atoms. The third kappa shape index (κ3) is 3.89. The van der Waals surface area contributed by atoms with Gasteiger partial charge in [-0.3, -0.25) is 9.59 Å². The van der Waals surface area contributed by atoms with Crippen molar-refractivity contribution in [2.75, 3.05) is 32.4 Å². The van der Waals surface area contributed by atoms with Crippen LogP contribution in [-0.2, 0) is 16.0 Å². The SMILES string of the molecule is CSc1ccc(CC(=O)N2CCN(C(=O)C3CCC3)CC2)cc1. The quantitative estimate of drug-likeness (QED) is 0.795. The van der Waals surface area contributed by atoms with E-state index in [4.69, 9.17) is 0 Å². The first kappa shape index (κ1) is 16.4. The fourth-order valence-corrected chi connectivity index (χ4v) is 3.53. The molecule has 1 aliphatic heterocycles. The maximum Gasteiger partial charge on any atom is 0.227 e. The van der Waals surface area contributed by atoms with Crippen LogP contribution in [0.4, 0.5) is 0 Å². The molecule has 0 atom stereocenters. The van der Waals surface area contributed by atoms with E-state index in [2.05, 4.69) is 12.1 Å². The van der Waals surface area contributed by atoms with Gasteiger partial charge in [0.15, 0.2) is 0 Å². The van der Waals surface area contributed by atoms with Crippen LogP contribution in [0.3, 0.4) is 0 Å². The molecule has 0 aromatic heterocycles. The van der Waals surface area contributed by atoms with Crippen molar-refractivity contribution < 1.29 is 9.59 Å². The Bertz CT molecular complexity index is 561. The van der Waals surface area contributed by atoms with Crippen molar-refractivity contribution in [3.8, 4) is 0 Å². The van der Waals surface area contributed by atoms with Gasteiger partial charge in [-0.1, -0.05) is 18.6 Å². The smallest absolute Gasteiger partial charge is 0.227 e. The normalized spacial score (nSPS) is 18.7. The number of rotatable bonds is 4. The molecule has 0 bridgehead atoms. The van der Waals surface area contributed by atoms with Crippen molar-refractivity contribution in [2.45, 2.75) is 30.6 Å². The zero-order valence-corrected chi connectivity index (χ0v) is 14.5. The number of hydrogen-bond acceptors (Lipinski definition) is 3. The molecule has 3 rings (SSSR count). The Morgan fingerprint density at radius 2 is 1.65 bits per heavy atom. The minimum Gasteiger partial charge on any atom is -0.339 e. The Balaban J connectivity index is 1.48. The highest BCUT2D eigenvalue weighted by Gasteiger charge is 2.31. The molecule has 0 spiro atoms. The van der Waals surface area contributed by atoms with Crippen LogP contribution in [0.25, 0.3) is 0 Å². The average Bonchev–Trinajstić information content (AvgIpc) is 2.54. The monoisotopic (exact) mass is 332 g/mol. The van der Waals surface area contributed by atoms with E-state index in [0.717, 1.165) is 18.4 Å². The van der Waals surface area contributed by atoms with Gasteiger partial charge >= 0.3 is 0 Å². The van der Waals surface area contributed by atoms with E-state index in [9.17, 15) is 9.59 Å². The van der Waals surface area contributed by atoms with Crippen LogP contribution in [0.2, 0.25) is 0 Å². The molecular formula is C18H24N2O2S. The minimum absolute atomic E-state index is 0.164. The van der Waals surface area contributed by atoms with Gasteiger partial charge in [-0.05, 0) is 36.8 Å². The summed E-state index contributed by atoms with van der Waals surface area (Å²) in [7, 11) is 0. The van der Waals surface area contributed by atoms with Crippen molar-refractivity contribution in [3.63, 3.8) is 0 Å². The largest absolute Gasteiger partial charge is 0.339 e. The van der Waals surface area contributed by atoms with Gasteiger partial charge in [0.2, 0.25) is 11.8 Å². The first-order chi connectivity index (χ1) is 11.2.